The number of sulfone groups is 1. The second kappa shape index (κ2) is 9.67. The van der Waals surface area contributed by atoms with Crippen LogP contribution >= 0.6 is 11.3 Å². The van der Waals surface area contributed by atoms with E-state index in [0.717, 1.165) is 16.8 Å². The average molecular weight is 520 g/mol. The monoisotopic (exact) mass is 519 g/mol. The van der Waals surface area contributed by atoms with E-state index in [4.69, 9.17) is 0 Å². The fourth-order valence-corrected chi connectivity index (χ4v) is 5.10. The lowest BCUT2D eigenvalue weighted by molar-refractivity contribution is -0.137. The van der Waals surface area contributed by atoms with Crippen molar-refractivity contribution in [2.24, 2.45) is 0 Å². The molecule has 6 nitrogen and oxygen atoms in total. The molecule has 4 aromatic rings. The van der Waals surface area contributed by atoms with Gasteiger partial charge >= 0.3 is 6.18 Å². The summed E-state index contributed by atoms with van der Waals surface area (Å²) in [7, 11) is -3.29. The molecule has 0 saturated carbocycles. The topological polar surface area (TPSA) is 88.2 Å². The zero-order valence-corrected chi connectivity index (χ0v) is 20.0. The van der Waals surface area contributed by atoms with Gasteiger partial charge in [0.2, 0.25) is 5.91 Å². The van der Waals surface area contributed by atoms with E-state index in [2.05, 4.69) is 15.6 Å². The van der Waals surface area contributed by atoms with Crippen LogP contribution in [0.3, 0.4) is 0 Å². The first-order valence-corrected chi connectivity index (χ1v) is 13.0. The van der Waals surface area contributed by atoms with Gasteiger partial charge < -0.3 is 10.6 Å². The standard InChI is InChI=1S/C24H20F3N3O3S2/c1-2-35(32,33)19-10-3-15(4-11-19)13-22(31)28-18-9-12-20-21(14-18)34-23(30-20)29-17-7-5-16(6-8-17)24(25,26)27/h3-12,14H,2,13H2,1H3,(H,28,31)(H,29,30). The molecule has 0 aliphatic carbocycles. The van der Waals surface area contributed by atoms with E-state index in [1.54, 1.807) is 37.3 Å². The lowest BCUT2D eigenvalue weighted by Crippen LogP contribution is -2.14. The van der Waals surface area contributed by atoms with Crippen molar-refractivity contribution in [1.82, 2.24) is 4.98 Å². The summed E-state index contributed by atoms with van der Waals surface area (Å²) in [6, 6.07) is 16.1. The van der Waals surface area contributed by atoms with Crippen molar-refractivity contribution >= 4 is 53.8 Å². The molecule has 1 aromatic heterocycles. The van der Waals surface area contributed by atoms with Crippen molar-refractivity contribution < 1.29 is 26.4 Å². The third-order valence-corrected chi connectivity index (χ3v) is 7.85. The highest BCUT2D eigenvalue weighted by Crippen LogP contribution is 2.33. The molecule has 2 N–H and O–H groups in total. The van der Waals surface area contributed by atoms with E-state index in [1.807, 2.05) is 0 Å². The zero-order chi connectivity index (χ0) is 25.2. The molecule has 0 aliphatic heterocycles. The van der Waals surface area contributed by atoms with Gasteiger partial charge in [0.25, 0.3) is 0 Å². The molecular formula is C24H20F3N3O3S2. The minimum absolute atomic E-state index is 0.00839. The van der Waals surface area contributed by atoms with Crippen LogP contribution in [0.2, 0.25) is 0 Å². The predicted octanol–water partition coefficient (Wildman–Crippen LogP) is 6.03. The normalized spacial score (nSPS) is 12.0. The third-order valence-electron chi connectivity index (χ3n) is 5.16. The van der Waals surface area contributed by atoms with Gasteiger partial charge in [0.1, 0.15) is 0 Å². The number of halogens is 3. The van der Waals surface area contributed by atoms with Gasteiger partial charge in [0.15, 0.2) is 15.0 Å². The molecule has 0 saturated heterocycles. The van der Waals surface area contributed by atoms with Crippen LogP contribution in [-0.4, -0.2) is 25.1 Å². The fourth-order valence-electron chi connectivity index (χ4n) is 3.29. The minimum Gasteiger partial charge on any atom is -0.332 e. The Balaban J connectivity index is 1.41. The number of aromatic nitrogens is 1. The number of alkyl halides is 3. The summed E-state index contributed by atoms with van der Waals surface area (Å²) in [5.41, 5.74) is 1.67. The Kier molecular flexibility index (Phi) is 6.82. The highest BCUT2D eigenvalue weighted by Gasteiger charge is 2.30. The summed E-state index contributed by atoms with van der Waals surface area (Å²) in [6.07, 6.45) is -4.32. The molecule has 0 fully saturated rings. The lowest BCUT2D eigenvalue weighted by atomic mass is 10.1. The number of hydrogen-bond donors (Lipinski definition) is 2. The number of carbonyl (C=O) groups is 1. The second-order valence-corrected chi connectivity index (χ2v) is 11.0. The highest BCUT2D eigenvalue weighted by atomic mass is 32.2. The minimum atomic E-state index is -4.39. The zero-order valence-electron chi connectivity index (χ0n) is 18.4. The first-order valence-electron chi connectivity index (χ1n) is 10.5. The fraction of sp³-hybridized carbons (Fsp3) is 0.167. The van der Waals surface area contributed by atoms with Gasteiger partial charge in [-0.25, -0.2) is 13.4 Å². The van der Waals surface area contributed by atoms with Crippen LogP contribution in [0.25, 0.3) is 10.2 Å². The molecule has 1 heterocycles. The Hall–Kier alpha value is -3.44. The van der Waals surface area contributed by atoms with Crippen molar-refractivity contribution in [2.45, 2.75) is 24.4 Å². The molecule has 0 spiro atoms. The van der Waals surface area contributed by atoms with Crippen molar-refractivity contribution in [3.63, 3.8) is 0 Å². The number of hydrogen-bond acceptors (Lipinski definition) is 6. The Morgan fingerprint density at radius 3 is 2.26 bits per heavy atom. The van der Waals surface area contributed by atoms with Crippen LogP contribution in [0.1, 0.15) is 18.1 Å². The molecule has 0 atom stereocenters. The van der Waals surface area contributed by atoms with E-state index in [-0.39, 0.29) is 23.0 Å². The smallest absolute Gasteiger partial charge is 0.332 e. The molecule has 0 aliphatic rings. The van der Waals surface area contributed by atoms with Gasteiger partial charge in [0, 0.05) is 11.4 Å². The highest BCUT2D eigenvalue weighted by molar-refractivity contribution is 7.91. The maximum Gasteiger partial charge on any atom is 0.416 e. The summed E-state index contributed by atoms with van der Waals surface area (Å²) in [4.78, 5) is 17.1. The molecular weight excluding hydrogens is 499 g/mol. The van der Waals surface area contributed by atoms with Gasteiger partial charge in [-0.05, 0) is 60.2 Å². The number of thiazole rings is 1. The van der Waals surface area contributed by atoms with E-state index in [9.17, 15) is 26.4 Å². The molecule has 11 heteroatoms. The van der Waals surface area contributed by atoms with Crippen LogP contribution in [-0.2, 0) is 27.2 Å². The lowest BCUT2D eigenvalue weighted by Gasteiger charge is -2.07. The van der Waals surface area contributed by atoms with Crippen LogP contribution in [0.4, 0.5) is 29.7 Å². The number of amides is 1. The number of nitrogens with one attached hydrogen (secondary N) is 2. The van der Waals surface area contributed by atoms with Crippen molar-refractivity contribution in [1.29, 1.82) is 0 Å². The molecule has 0 unspecified atom stereocenters. The third kappa shape index (κ3) is 5.98. The summed E-state index contributed by atoms with van der Waals surface area (Å²) >= 11 is 1.30. The maximum atomic E-state index is 12.7. The maximum absolute atomic E-state index is 12.7. The van der Waals surface area contributed by atoms with Crippen molar-refractivity contribution in [2.75, 3.05) is 16.4 Å². The van der Waals surface area contributed by atoms with Crippen molar-refractivity contribution in [3.8, 4) is 0 Å². The Bertz CT molecular complexity index is 1460. The molecule has 3 aromatic carbocycles. The van der Waals surface area contributed by atoms with Crippen molar-refractivity contribution in [3.05, 3.63) is 77.9 Å². The molecule has 182 valence electrons. The Morgan fingerprint density at radius 2 is 1.63 bits per heavy atom. The predicted molar refractivity (Wildman–Crippen MR) is 131 cm³/mol. The summed E-state index contributed by atoms with van der Waals surface area (Å²) in [5.74, 6) is -0.253. The van der Waals surface area contributed by atoms with Gasteiger partial charge in [0.05, 0.1) is 32.8 Å². The van der Waals surface area contributed by atoms with E-state index in [1.165, 1.54) is 35.6 Å². The molecule has 4 rings (SSSR count). The van der Waals surface area contributed by atoms with Gasteiger partial charge in [-0.1, -0.05) is 30.4 Å². The summed E-state index contributed by atoms with van der Waals surface area (Å²) < 4.78 is 62.8. The van der Waals surface area contributed by atoms with E-state index >= 15 is 0 Å². The van der Waals surface area contributed by atoms with Crippen LogP contribution in [0, 0.1) is 0 Å². The van der Waals surface area contributed by atoms with Gasteiger partial charge in [-0.15, -0.1) is 0 Å². The first-order chi connectivity index (χ1) is 16.5. The van der Waals surface area contributed by atoms with Crippen LogP contribution < -0.4 is 10.6 Å². The molecule has 1 amide bonds. The SMILES string of the molecule is CCS(=O)(=O)c1ccc(CC(=O)Nc2ccc3nc(Nc4ccc(C(F)(F)F)cc4)sc3c2)cc1. The molecule has 0 radical (unpaired) electrons. The quantitative estimate of drug-likeness (QED) is 0.311. The van der Waals surface area contributed by atoms with Crippen LogP contribution in [0.5, 0.6) is 0 Å². The number of fused-ring (bicyclic) bond motifs is 1. The largest absolute Gasteiger partial charge is 0.416 e. The molecule has 35 heavy (non-hydrogen) atoms. The Labute approximate surface area is 203 Å². The number of rotatable bonds is 7. The molecule has 0 bridgehead atoms. The summed E-state index contributed by atoms with van der Waals surface area (Å²) in [6.45, 7) is 1.57. The Morgan fingerprint density at radius 1 is 0.971 bits per heavy atom. The number of anilines is 3. The summed E-state index contributed by atoms with van der Waals surface area (Å²) in [5, 5.41) is 6.31. The van der Waals surface area contributed by atoms with Gasteiger partial charge in [-0.2, -0.15) is 13.2 Å². The average Bonchev–Trinajstić information content (AvgIpc) is 3.20. The number of carbonyl (C=O) groups excluding carboxylic acids is 1. The first kappa shape index (κ1) is 24.7. The van der Waals surface area contributed by atoms with Gasteiger partial charge in [-0.3, -0.25) is 4.79 Å². The van der Waals surface area contributed by atoms with E-state index in [0.29, 0.717) is 27.6 Å². The number of benzene rings is 3. The van der Waals surface area contributed by atoms with Crippen LogP contribution in [0.15, 0.2) is 71.6 Å². The second-order valence-electron chi connectivity index (χ2n) is 7.67. The number of nitrogens with zero attached hydrogens (tertiary/aromatic N) is 1. The van der Waals surface area contributed by atoms with E-state index < -0.39 is 21.6 Å².